The van der Waals surface area contributed by atoms with Crippen LogP contribution in [0.1, 0.15) is 13.3 Å². The van der Waals surface area contributed by atoms with Crippen LogP contribution in [0.15, 0.2) is 87.2 Å². The summed E-state index contributed by atoms with van der Waals surface area (Å²) >= 11 is 0. The van der Waals surface area contributed by atoms with Crippen molar-refractivity contribution in [3.05, 3.63) is 87.2 Å². The number of hydrogen-bond acceptors (Lipinski definition) is 1. The largest absolute Gasteiger partial charge is 0.349 e. The van der Waals surface area contributed by atoms with Gasteiger partial charge in [-0.2, -0.15) is 0 Å². The normalized spacial score (nSPS) is 7.33. The molecule has 0 aliphatic carbocycles. The van der Waals surface area contributed by atoms with E-state index in [1.807, 2.05) is 6.92 Å². The highest BCUT2D eigenvalue weighted by atomic mass is 16.1. The van der Waals surface area contributed by atoms with Gasteiger partial charge in [0.05, 0.1) is 0 Å². The van der Waals surface area contributed by atoms with E-state index in [9.17, 15) is 4.79 Å². The Morgan fingerprint density at radius 3 is 1.81 bits per heavy atom. The first-order chi connectivity index (χ1) is 10.2. The van der Waals surface area contributed by atoms with Gasteiger partial charge in [0.1, 0.15) is 6.04 Å². The molecule has 0 aliphatic heterocycles. The van der Waals surface area contributed by atoms with Gasteiger partial charge < -0.3 is 5.73 Å². The molecule has 0 aromatic heterocycles. The molecule has 0 heterocycles. The van der Waals surface area contributed by atoms with Crippen LogP contribution in [-0.4, -0.2) is 11.8 Å². The Morgan fingerprint density at radius 2 is 1.38 bits per heavy atom. The van der Waals surface area contributed by atoms with Crippen molar-refractivity contribution in [2.75, 3.05) is 0 Å². The van der Waals surface area contributed by atoms with Gasteiger partial charge in [0.2, 0.25) is 5.78 Å². The fourth-order valence-corrected chi connectivity index (χ4v) is 0.788. The van der Waals surface area contributed by atoms with Gasteiger partial charge >= 0.3 is 0 Å². The molecule has 3 N–H and O–H groups in total. The fraction of sp³-hybridized carbons (Fsp3) is 0.158. The van der Waals surface area contributed by atoms with E-state index in [4.69, 9.17) is 0 Å². The van der Waals surface area contributed by atoms with Gasteiger partial charge in [0, 0.05) is 12.5 Å². The molecule has 0 spiro atoms. The zero-order valence-electron chi connectivity index (χ0n) is 11.7. The summed E-state index contributed by atoms with van der Waals surface area (Å²) in [6.45, 7) is 5.19. The van der Waals surface area contributed by atoms with Crippen molar-refractivity contribution >= 4 is 5.78 Å². The molecule has 0 unspecified atom stereocenters. The maximum atomic E-state index is 11.3. The molecule has 0 fully saturated rings. The smallest absolute Gasteiger partial charge is 0.220 e. The van der Waals surface area contributed by atoms with E-state index in [-0.39, 0.29) is 11.8 Å². The third-order valence-corrected chi connectivity index (χ3v) is 1.90. The highest BCUT2D eigenvalue weighted by molar-refractivity contribution is 5.92. The highest BCUT2D eigenvalue weighted by Gasteiger charge is 2.09. The van der Waals surface area contributed by atoms with E-state index in [0.29, 0.717) is 6.42 Å². The number of rotatable bonds is 3. The average molecular weight is 270 g/mol. The summed E-state index contributed by atoms with van der Waals surface area (Å²) in [5, 5.41) is 0. The lowest BCUT2D eigenvalue weighted by molar-refractivity contribution is -0.402. The Hall–Kier alpha value is -3.49. The molecule has 0 aromatic rings. The Morgan fingerprint density at radius 1 is 0.952 bits per heavy atom. The van der Waals surface area contributed by atoms with Crippen LogP contribution in [0.3, 0.4) is 0 Å². The predicted molar refractivity (Wildman–Crippen MR) is 77.8 cm³/mol. The van der Waals surface area contributed by atoms with E-state index in [1.54, 1.807) is 0 Å². The molecule has 0 aliphatic rings. The number of hydrogen-bond donors (Lipinski definition) is 1. The molecule has 98 valence electrons. The van der Waals surface area contributed by atoms with Gasteiger partial charge in [-0.1, -0.05) is 18.4 Å². The second kappa shape index (κ2) is 13.0. The van der Waals surface area contributed by atoms with Crippen LogP contribution in [0.4, 0.5) is 0 Å². The van der Waals surface area contributed by atoms with E-state index < -0.39 is 0 Å². The molecule has 0 aromatic carbocycles. The number of quaternary nitrogens is 1. The lowest BCUT2D eigenvalue weighted by Crippen LogP contribution is -2.64. The molecule has 0 saturated carbocycles. The van der Waals surface area contributed by atoms with Crippen LogP contribution in [-0.2, 0) is 4.79 Å². The lowest BCUT2D eigenvalue weighted by Gasteiger charge is -1.95. The number of carbonyl (C=O) groups excluding carboxylic acids is 1. The SMILES string of the molecule is C=C=C=C=C=C=C=C=C=C=C=C=C=C=CC(=O)[C@@H]([NH3+])CC. The van der Waals surface area contributed by atoms with E-state index in [2.05, 4.69) is 86.8 Å². The zero-order chi connectivity index (χ0) is 15.8. The first-order valence-electron chi connectivity index (χ1n) is 5.95. The van der Waals surface area contributed by atoms with Gasteiger partial charge in [-0.15, -0.1) is 0 Å². The number of ketones is 1. The van der Waals surface area contributed by atoms with Gasteiger partial charge in [-0.05, 0) is 69.6 Å². The average Bonchev–Trinajstić information content (AvgIpc) is 2.50. The summed E-state index contributed by atoms with van der Waals surface area (Å²) in [5.41, 5.74) is 35.9. The minimum absolute atomic E-state index is 0.0977. The van der Waals surface area contributed by atoms with Crippen molar-refractivity contribution in [2.24, 2.45) is 0 Å². The second-order valence-corrected chi connectivity index (χ2v) is 3.35. The van der Waals surface area contributed by atoms with Crippen molar-refractivity contribution in [1.82, 2.24) is 0 Å². The summed E-state index contributed by atoms with van der Waals surface area (Å²) < 4.78 is 0. The molecule has 0 radical (unpaired) electrons. The topological polar surface area (TPSA) is 44.7 Å². The monoisotopic (exact) mass is 270 g/mol. The van der Waals surface area contributed by atoms with Gasteiger partial charge in [0.25, 0.3) is 0 Å². The molecule has 0 saturated heterocycles. The van der Waals surface area contributed by atoms with E-state index in [0.717, 1.165) is 0 Å². The van der Waals surface area contributed by atoms with E-state index >= 15 is 0 Å². The summed E-state index contributed by atoms with van der Waals surface area (Å²) in [4.78, 5) is 11.3. The van der Waals surface area contributed by atoms with Gasteiger partial charge in [-0.25, -0.2) is 0 Å². The van der Waals surface area contributed by atoms with Crippen LogP contribution in [0.2, 0.25) is 0 Å². The minimum atomic E-state index is -0.252. The highest BCUT2D eigenvalue weighted by Crippen LogP contribution is 1.85. The molecule has 1 atom stereocenters. The van der Waals surface area contributed by atoms with Crippen LogP contribution in [0, 0.1) is 0 Å². The Labute approximate surface area is 123 Å². The Kier molecular flexibility index (Phi) is 10.8. The van der Waals surface area contributed by atoms with Crippen molar-refractivity contribution < 1.29 is 10.5 Å². The van der Waals surface area contributed by atoms with Crippen molar-refractivity contribution in [3.8, 4) is 0 Å². The molecule has 2 heteroatoms. The summed E-state index contributed by atoms with van der Waals surface area (Å²) in [6.07, 6.45) is 1.97. The van der Waals surface area contributed by atoms with Crippen LogP contribution >= 0.6 is 0 Å². The molecule has 0 bridgehead atoms. The zero-order valence-corrected chi connectivity index (χ0v) is 11.7. The third-order valence-electron chi connectivity index (χ3n) is 1.90. The Balaban J connectivity index is 5.39. The molecular formula is C19H12NO+. The van der Waals surface area contributed by atoms with E-state index in [1.165, 1.54) is 6.08 Å². The standard InChI is InChI=1S/C19H11NO/c1-3-5-6-7-8-9-10-11-12-13-14-15-16-17-19(21)18(20)4-2/h17-18H,1,4,20H2,2H3/p+1/t18-/m0/s1. The van der Waals surface area contributed by atoms with Gasteiger partial charge in [0.15, 0.2) is 0 Å². The maximum absolute atomic E-state index is 11.3. The first kappa shape index (κ1) is 17.5. The summed E-state index contributed by atoms with van der Waals surface area (Å²) in [6, 6.07) is -0.252. The van der Waals surface area contributed by atoms with Crippen molar-refractivity contribution in [3.63, 3.8) is 0 Å². The maximum Gasteiger partial charge on any atom is 0.220 e. The van der Waals surface area contributed by atoms with Crippen LogP contribution < -0.4 is 5.73 Å². The molecule has 0 amide bonds. The van der Waals surface area contributed by atoms with Crippen molar-refractivity contribution in [2.45, 2.75) is 19.4 Å². The minimum Gasteiger partial charge on any atom is -0.349 e. The second-order valence-electron chi connectivity index (χ2n) is 3.35. The number of carbonyl (C=O) groups is 1. The van der Waals surface area contributed by atoms with Crippen LogP contribution in [0.5, 0.6) is 0 Å². The molecular weight excluding hydrogens is 258 g/mol. The quantitative estimate of drug-likeness (QED) is 0.616. The summed E-state index contributed by atoms with van der Waals surface area (Å²) in [7, 11) is 0. The lowest BCUT2D eigenvalue weighted by atomic mass is 10.1. The fourth-order valence-electron chi connectivity index (χ4n) is 0.788. The molecule has 21 heavy (non-hydrogen) atoms. The Bertz CT molecular complexity index is 882. The van der Waals surface area contributed by atoms with Crippen molar-refractivity contribution in [1.29, 1.82) is 0 Å². The summed E-state index contributed by atoms with van der Waals surface area (Å²) in [5.74, 6) is -0.0977. The first-order valence-corrected chi connectivity index (χ1v) is 5.95. The molecule has 2 nitrogen and oxygen atoms in total. The van der Waals surface area contributed by atoms with Gasteiger partial charge in [-0.3, -0.25) is 4.79 Å². The third kappa shape index (κ3) is 11.3. The molecule has 0 rings (SSSR count). The predicted octanol–water partition coefficient (Wildman–Crippen LogP) is 1.78. The van der Waals surface area contributed by atoms with Crippen LogP contribution in [0.25, 0.3) is 0 Å².